The van der Waals surface area contributed by atoms with Crippen LogP contribution in [0, 0.1) is 10.1 Å². The quantitative estimate of drug-likeness (QED) is 0.692. The van der Waals surface area contributed by atoms with Crippen LogP contribution in [0.4, 0.5) is 11.4 Å². The second-order valence-electron chi connectivity index (χ2n) is 4.11. The molecular formula is C14H11ClN2O4. The molecule has 0 aromatic heterocycles. The van der Waals surface area contributed by atoms with Gasteiger partial charge in [-0.1, -0.05) is 11.6 Å². The average molecular weight is 307 g/mol. The fraction of sp³-hybridized carbons (Fsp3) is 0.0714. The van der Waals surface area contributed by atoms with Gasteiger partial charge in [0.25, 0.3) is 11.6 Å². The standard InChI is InChI=1S/C14H11ClN2O4/c1-21-11-5-3-10(4-6-11)16-14(18)9-2-7-13(17(19)20)12(15)8-9/h2-8H,1H3,(H,16,18). The fourth-order valence-electron chi connectivity index (χ4n) is 1.67. The molecule has 1 N–H and O–H groups in total. The summed E-state index contributed by atoms with van der Waals surface area (Å²) in [5, 5.41) is 13.2. The van der Waals surface area contributed by atoms with Crippen LogP contribution in [-0.2, 0) is 0 Å². The molecule has 6 nitrogen and oxygen atoms in total. The number of hydrogen-bond donors (Lipinski definition) is 1. The van der Waals surface area contributed by atoms with E-state index in [9.17, 15) is 14.9 Å². The second-order valence-corrected chi connectivity index (χ2v) is 4.51. The molecule has 0 atom stereocenters. The summed E-state index contributed by atoms with van der Waals surface area (Å²) in [6, 6.07) is 10.6. The largest absolute Gasteiger partial charge is 0.497 e. The molecule has 108 valence electrons. The summed E-state index contributed by atoms with van der Waals surface area (Å²) in [6.07, 6.45) is 0. The third-order valence-electron chi connectivity index (χ3n) is 2.75. The van der Waals surface area contributed by atoms with E-state index in [1.807, 2.05) is 0 Å². The van der Waals surface area contributed by atoms with Crippen LogP contribution in [0.15, 0.2) is 42.5 Å². The first kappa shape index (κ1) is 14.8. The first-order chi connectivity index (χ1) is 10.0. The number of nitrogens with one attached hydrogen (secondary N) is 1. The van der Waals surface area contributed by atoms with Crippen LogP contribution in [0.5, 0.6) is 5.75 Å². The van der Waals surface area contributed by atoms with Crippen LogP contribution in [0.1, 0.15) is 10.4 Å². The van der Waals surface area contributed by atoms with Crippen molar-refractivity contribution in [2.45, 2.75) is 0 Å². The van der Waals surface area contributed by atoms with Crippen LogP contribution < -0.4 is 10.1 Å². The van der Waals surface area contributed by atoms with Crippen molar-refractivity contribution in [3.63, 3.8) is 0 Å². The van der Waals surface area contributed by atoms with Gasteiger partial charge in [0.2, 0.25) is 0 Å². The molecule has 2 aromatic carbocycles. The Morgan fingerprint density at radius 3 is 2.43 bits per heavy atom. The van der Waals surface area contributed by atoms with E-state index in [4.69, 9.17) is 16.3 Å². The van der Waals surface area contributed by atoms with Gasteiger partial charge in [-0.25, -0.2) is 0 Å². The van der Waals surface area contributed by atoms with Crippen LogP contribution in [0.3, 0.4) is 0 Å². The summed E-state index contributed by atoms with van der Waals surface area (Å²) in [5.41, 5.74) is 0.578. The number of ether oxygens (including phenoxy) is 1. The Hall–Kier alpha value is -2.60. The summed E-state index contributed by atoms with van der Waals surface area (Å²) in [5.74, 6) is 0.267. The topological polar surface area (TPSA) is 81.5 Å². The minimum absolute atomic E-state index is 0.0811. The van der Waals surface area contributed by atoms with Crippen LogP contribution >= 0.6 is 11.6 Å². The van der Waals surface area contributed by atoms with E-state index in [0.29, 0.717) is 11.4 Å². The number of amides is 1. The maximum Gasteiger partial charge on any atom is 0.287 e. The molecule has 0 aliphatic rings. The summed E-state index contributed by atoms with van der Waals surface area (Å²) >= 11 is 5.77. The maximum atomic E-state index is 12.0. The van der Waals surface area contributed by atoms with E-state index < -0.39 is 10.8 Å². The molecule has 0 heterocycles. The van der Waals surface area contributed by atoms with Gasteiger partial charge in [-0.05, 0) is 36.4 Å². The number of nitro benzene ring substituents is 1. The van der Waals surface area contributed by atoms with E-state index in [0.717, 1.165) is 0 Å². The molecule has 0 aliphatic heterocycles. The molecule has 0 saturated carbocycles. The highest BCUT2D eigenvalue weighted by molar-refractivity contribution is 6.33. The van der Waals surface area contributed by atoms with Gasteiger partial charge in [-0.15, -0.1) is 0 Å². The molecule has 0 fully saturated rings. The smallest absolute Gasteiger partial charge is 0.287 e. The zero-order valence-electron chi connectivity index (χ0n) is 11.0. The Morgan fingerprint density at radius 2 is 1.90 bits per heavy atom. The van der Waals surface area contributed by atoms with E-state index in [1.165, 1.54) is 18.2 Å². The summed E-state index contributed by atoms with van der Waals surface area (Å²) in [4.78, 5) is 22.1. The van der Waals surface area contributed by atoms with Crippen molar-refractivity contribution in [3.05, 3.63) is 63.2 Å². The SMILES string of the molecule is COc1ccc(NC(=O)c2ccc([N+](=O)[O-])c(Cl)c2)cc1. The molecule has 0 unspecified atom stereocenters. The molecule has 7 heteroatoms. The Kier molecular flexibility index (Phi) is 4.39. The molecule has 2 rings (SSSR count). The van der Waals surface area contributed by atoms with Crippen molar-refractivity contribution in [1.82, 2.24) is 0 Å². The Balaban J connectivity index is 2.16. The zero-order chi connectivity index (χ0) is 15.4. The highest BCUT2D eigenvalue weighted by atomic mass is 35.5. The van der Waals surface area contributed by atoms with Gasteiger partial charge in [-0.3, -0.25) is 14.9 Å². The van der Waals surface area contributed by atoms with E-state index in [1.54, 1.807) is 31.4 Å². The zero-order valence-corrected chi connectivity index (χ0v) is 11.8. The fourth-order valence-corrected chi connectivity index (χ4v) is 1.92. The van der Waals surface area contributed by atoms with Gasteiger partial charge in [0.05, 0.1) is 12.0 Å². The number of rotatable bonds is 4. The molecular weight excluding hydrogens is 296 g/mol. The average Bonchev–Trinajstić information content (AvgIpc) is 2.47. The number of anilines is 1. The monoisotopic (exact) mass is 306 g/mol. The summed E-state index contributed by atoms with van der Waals surface area (Å²) in [6.45, 7) is 0. The number of nitrogens with zero attached hydrogens (tertiary/aromatic N) is 1. The molecule has 0 spiro atoms. The number of hydrogen-bond acceptors (Lipinski definition) is 4. The highest BCUT2D eigenvalue weighted by Gasteiger charge is 2.15. The molecule has 0 saturated heterocycles. The lowest BCUT2D eigenvalue weighted by Crippen LogP contribution is -2.11. The van der Waals surface area contributed by atoms with Crippen LogP contribution in [0.2, 0.25) is 5.02 Å². The lowest BCUT2D eigenvalue weighted by molar-refractivity contribution is -0.384. The van der Waals surface area contributed by atoms with E-state index >= 15 is 0 Å². The van der Waals surface area contributed by atoms with E-state index in [2.05, 4.69) is 5.32 Å². The Bertz CT molecular complexity index is 686. The summed E-state index contributed by atoms with van der Waals surface area (Å²) in [7, 11) is 1.55. The first-order valence-electron chi connectivity index (χ1n) is 5.90. The minimum Gasteiger partial charge on any atom is -0.497 e. The lowest BCUT2D eigenvalue weighted by Gasteiger charge is -2.06. The van der Waals surface area contributed by atoms with Crippen molar-refractivity contribution in [2.75, 3.05) is 12.4 Å². The Labute approximate surface area is 125 Å². The number of benzene rings is 2. The first-order valence-corrected chi connectivity index (χ1v) is 6.28. The number of methoxy groups -OCH3 is 1. The van der Waals surface area contributed by atoms with Crippen molar-refractivity contribution in [2.24, 2.45) is 0 Å². The third kappa shape index (κ3) is 3.49. The maximum absolute atomic E-state index is 12.0. The molecule has 0 bridgehead atoms. The normalized spacial score (nSPS) is 10.0. The highest BCUT2D eigenvalue weighted by Crippen LogP contribution is 2.25. The van der Waals surface area contributed by atoms with Crippen LogP contribution in [-0.4, -0.2) is 17.9 Å². The van der Waals surface area contributed by atoms with Gasteiger partial charge < -0.3 is 10.1 Å². The van der Waals surface area contributed by atoms with Crippen molar-refractivity contribution < 1.29 is 14.5 Å². The van der Waals surface area contributed by atoms with Gasteiger partial charge in [0, 0.05) is 17.3 Å². The van der Waals surface area contributed by atoms with Crippen molar-refractivity contribution >= 4 is 28.9 Å². The Morgan fingerprint density at radius 1 is 1.24 bits per heavy atom. The van der Waals surface area contributed by atoms with Gasteiger partial charge >= 0.3 is 0 Å². The third-order valence-corrected chi connectivity index (χ3v) is 3.06. The molecule has 0 radical (unpaired) electrons. The van der Waals surface area contributed by atoms with Crippen molar-refractivity contribution in [1.29, 1.82) is 0 Å². The predicted molar refractivity (Wildman–Crippen MR) is 79.1 cm³/mol. The molecule has 21 heavy (non-hydrogen) atoms. The minimum atomic E-state index is -0.604. The number of halogens is 1. The van der Waals surface area contributed by atoms with Crippen LogP contribution in [0.25, 0.3) is 0 Å². The molecule has 2 aromatic rings. The number of carbonyl (C=O) groups is 1. The van der Waals surface area contributed by atoms with Gasteiger partial charge in [-0.2, -0.15) is 0 Å². The number of carbonyl (C=O) groups excluding carboxylic acids is 1. The van der Waals surface area contributed by atoms with Gasteiger partial charge in [0.1, 0.15) is 10.8 Å². The molecule has 1 amide bonds. The lowest BCUT2D eigenvalue weighted by atomic mass is 10.2. The number of nitro groups is 1. The summed E-state index contributed by atoms with van der Waals surface area (Å²) < 4.78 is 5.02. The second kappa shape index (κ2) is 6.23. The molecule has 0 aliphatic carbocycles. The van der Waals surface area contributed by atoms with Gasteiger partial charge in [0.15, 0.2) is 0 Å². The van der Waals surface area contributed by atoms with E-state index in [-0.39, 0.29) is 16.3 Å². The van der Waals surface area contributed by atoms with Crippen molar-refractivity contribution in [3.8, 4) is 5.75 Å². The predicted octanol–water partition coefficient (Wildman–Crippen LogP) is 3.51.